The minimum Gasteiger partial charge on any atom is -0.389 e. The van der Waals surface area contributed by atoms with E-state index in [9.17, 15) is 0 Å². The number of benzene rings is 1. The predicted octanol–water partition coefficient (Wildman–Crippen LogP) is 1.21. The van der Waals surface area contributed by atoms with Crippen LogP contribution < -0.4 is 5.73 Å². The van der Waals surface area contributed by atoms with Crippen molar-refractivity contribution in [2.24, 2.45) is 12.8 Å². The van der Waals surface area contributed by atoms with E-state index in [0.717, 1.165) is 16.5 Å². The maximum absolute atomic E-state index is 5.53. The van der Waals surface area contributed by atoms with Gasteiger partial charge in [0.25, 0.3) is 0 Å². The maximum Gasteiger partial charge on any atom is 0.104 e. The van der Waals surface area contributed by atoms with Gasteiger partial charge in [-0.3, -0.25) is 4.68 Å². The first kappa shape index (κ1) is 8.19. The zero-order valence-corrected chi connectivity index (χ0v) is 8.01. The largest absolute Gasteiger partial charge is 0.389 e. The van der Waals surface area contributed by atoms with Crippen LogP contribution in [0.4, 0.5) is 0 Å². The Morgan fingerprint density at radius 2 is 2.31 bits per heavy atom. The number of rotatable bonds is 1. The Morgan fingerprint density at radius 3 is 3.00 bits per heavy atom. The van der Waals surface area contributed by atoms with Crippen LogP contribution in [0.2, 0.25) is 0 Å². The van der Waals surface area contributed by atoms with Gasteiger partial charge in [-0.1, -0.05) is 24.4 Å². The van der Waals surface area contributed by atoms with Crippen LogP contribution >= 0.6 is 12.2 Å². The highest BCUT2D eigenvalue weighted by atomic mass is 32.1. The smallest absolute Gasteiger partial charge is 0.104 e. The van der Waals surface area contributed by atoms with E-state index >= 15 is 0 Å². The van der Waals surface area contributed by atoms with Gasteiger partial charge in [0.15, 0.2) is 0 Å². The second-order valence-electron chi connectivity index (χ2n) is 2.91. The van der Waals surface area contributed by atoms with Crippen molar-refractivity contribution in [3.05, 3.63) is 30.0 Å². The first-order valence-corrected chi connectivity index (χ1v) is 4.31. The van der Waals surface area contributed by atoms with Gasteiger partial charge in [0, 0.05) is 18.0 Å². The summed E-state index contributed by atoms with van der Waals surface area (Å²) in [6, 6.07) is 5.83. The number of hydrogen-bond donors (Lipinski definition) is 1. The highest BCUT2D eigenvalue weighted by Crippen LogP contribution is 2.14. The van der Waals surface area contributed by atoms with Crippen molar-refractivity contribution in [1.82, 2.24) is 9.78 Å². The molecule has 1 aromatic carbocycles. The SMILES string of the molecule is Cn1ncc2ccc(C(N)=S)cc21. The van der Waals surface area contributed by atoms with Crippen LogP contribution in [0, 0.1) is 0 Å². The number of thiocarbonyl (C=S) groups is 1. The summed E-state index contributed by atoms with van der Waals surface area (Å²) >= 11 is 4.89. The first-order valence-electron chi connectivity index (χ1n) is 3.90. The number of nitrogens with zero attached hydrogens (tertiary/aromatic N) is 2. The maximum atomic E-state index is 5.53. The fourth-order valence-electron chi connectivity index (χ4n) is 1.30. The average Bonchev–Trinajstić information content (AvgIpc) is 2.47. The molecule has 0 unspecified atom stereocenters. The Kier molecular flexibility index (Phi) is 1.77. The lowest BCUT2D eigenvalue weighted by molar-refractivity contribution is 0.797. The zero-order valence-electron chi connectivity index (χ0n) is 7.19. The lowest BCUT2D eigenvalue weighted by Gasteiger charge is -1.98. The Morgan fingerprint density at radius 1 is 1.54 bits per heavy atom. The molecule has 0 bridgehead atoms. The topological polar surface area (TPSA) is 43.8 Å². The van der Waals surface area contributed by atoms with E-state index in [-0.39, 0.29) is 0 Å². The van der Waals surface area contributed by atoms with E-state index < -0.39 is 0 Å². The van der Waals surface area contributed by atoms with E-state index in [1.54, 1.807) is 4.68 Å². The van der Waals surface area contributed by atoms with Crippen LogP contribution in [0.1, 0.15) is 5.56 Å². The summed E-state index contributed by atoms with van der Waals surface area (Å²) in [6.45, 7) is 0. The molecule has 0 aliphatic heterocycles. The molecule has 1 aromatic heterocycles. The summed E-state index contributed by atoms with van der Waals surface area (Å²) in [4.78, 5) is 0.420. The molecule has 0 atom stereocenters. The van der Waals surface area contributed by atoms with Gasteiger partial charge in [-0.25, -0.2) is 0 Å². The molecular formula is C9H9N3S. The highest BCUT2D eigenvalue weighted by molar-refractivity contribution is 7.80. The van der Waals surface area contributed by atoms with Gasteiger partial charge in [0.2, 0.25) is 0 Å². The lowest BCUT2D eigenvalue weighted by atomic mass is 10.2. The van der Waals surface area contributed by atoms with Gasteiger partial charge in [-0.05, 0) is 6.07 Å². The van der Waals surface area contributed by atoms with Crippen LogP contribution in [0.5, 0.6) is 0 Å². The first-order chi connectivity index (χ1) is 6.18. The molecule has 0 saturated heterocycles. The number of fused-ring (bicyclic) bond motifs is 1. The Balaban J connectivity index is 2.72. The highest BCUT2D eigenvalue weighted by Gasteiger charge is 2.01. The van der Waals surface area contributed by atoms with E-state index in [4.69, 9.17) is 18.0 Å². The summed E-state index contributed by atoms with van der Waals surface area (Å²) in [5.74, 6) is 0. The van der Waals surface area contributed by atoms with Crippen LogP contribution in [-0.4, -0.2) is 14.8 Å². The minimum absolute atomic E-state index is 0.420. The lowest BCUT2D eigenvalue weighted by Crippen LogP contribution is -2.09. The van der Waals surface area contributed by atoms with Crippen molar-refractivity contribution < 1.29 is 0 Å². The van der Waals surface area contributed by atoms with Crippen LogP contribution in [0.15, 0.2) is 24.4 Å². The molecule has 0 saturated carbocycles. The van der Waals surface area contributed by atoms with E-state index in [1.165, 1.54) is 0 Å². The Labute approximate surface area is 81.1 Å². The normalized spacial score (nSPS) is 10.5. The number of nitrogens with two attached hydrogens (primary N) is 1. The third kappa shape index (κ3) is 1.29. The summed E-state index contributed by atoms with van der Waals surface area (Å²) in [5, 5.41) is 5.23. The molecule has 0 amide bonds. The molecule has 0 aliphatic carbocycles. The van der Waals surface area contributed by atoms with Crippen molar-refractivity contribution in [2.75, 3.05) is 0 Å². The third-order valence-corrected chi connectivity index (χ3v) is 2.27. The number of hydrogen-bond acceptors (Lipinski definition) is 2. The summed E-state index contributed by atoms with van der Waals surface area (Å²) in [5.41, 5.74) is 7.45. The molecule has 0 aliphatic rings. The van der Waals surface area contributed by atoms with Gasteiger partial charge >= 0.3 is 0 Å². The Hall–Kier alpha value is -1.42. The second kappa shape index (κ2) is 2.81. The molecule has 2 aromatic rings. The molecule has 0 fully saturated rings. The van der Waals surface area contributed by atoms with Gasteiger partial charge in [0.1, 0.15) is 4.99 Å². The molecule has 1 heterocycles. The van der Waals surface area contributed by atoms with Crippen molar-refractivity contribution in [3.8, 4) is 0 Å². The quantitative estimate of drug-likeness (QED) is 0.689. The fraction of sp³-hybridized carbons (Fsp3) is 0.111. The summed E-state index contributed by atoms with van der Waals surface area (Å²) in [6.07, 6.45) is 1.82. The van der Waals surface area contributed by atoms with Crippen molar-refractivity contribution >= 4 is 28.1 Å². The molecule has 4 heteroatoms. The predicted molar refractivity (Wildman–Crippen MR) is 56.6 cm³/mol. The van der Waals surface area contributed by atoms with Crippen molar-refractivity contribution in [2.45, 2.75) is 0 Å². The van der Waals surface area contributed by atoms with Crippen LogP contribution in [0.25, 0.3) is 10.9 Å². The fourth-order valence-corrected chi connectivity index (χ4v) is 1.42. The summed E-state index contributed by atoms with van der Waals surface area (Å²) in [7, 11) is 1.89. The third-order valence-electron chi connectivity index (χ3n) is 2.03. The van der Waals surface area contributed by atoms with Crippen molar-refractivity contribution in [3.63, 3.8) is 0 Å². The van der Waals surface area contributed by atoms with Crippen LogP contribution in [-0.2, 0) is 7.05 Å². The molecule has 0 radical (unpaired) electrons. The van der Waals surface area contributed by atoms with Gasteiger partial charge in [-0.2, -0.15) is 5.10 Å². The average molecular weight is 191 g/mol. The van der Waals surface area contributed by atoms with Gasteiger partial charge < -0.3 is 5.73 Å². The molecule has 2 rings (SSSR count). The molecule has 2 N–H and O–H groups in total. The van der Waals surface area contributed by atoms with Gasteiger partial charge in [-0.15, -0.1) is 0 Å². The molecular weight excluding hydrogens is 182 g/mol. The molecule has 0 spiro atoms. The standard InChI is InChI=1S/C9H9N3S/c1-12-8-4-6(9(10)13)2-3-7(8)5-11-12/h2-5H,1H3,(H2,10,13). The molecule has 13 heavy (non-hydrogen) atoms. The Bertz CT molecular complexity index is 473. The van der Waals surface area contributed by atoms with Crippen LogP contribution in [0.3, 0.4) is 0 Å². The molecule has 3 nitrogen and oxygen atoms in total. The van der Waals surface area contributed by atoms with Crippen molar-refractivity contribution in [1.29, 1.82) is 0 Å². The monoisotopic (exact) mass is 191 g/mol. The van der Waals surface area contributed by atoms with E-state index in [2.05, 4.69) is 5.10 Å². The van der Waals surface area contributed by atoms with E-state index in [1.807, 2.05) is 31.4 Å². The number of aryl methyl sites for hydroxylation is 1. The molecule has 66 valence electrons. The van der Waals surface area contributed by atoms with Gasteiger partial charge in [0.05, 0.1) is 11.7 Å². The minimum atomic E-state index is 0.420. The second-order valence-corrected chi connectivity index (χ2v) is 3.35. The van der Waals surface area contributed by atoms with E-state index in [0.29, 0.717) is 4.99 Å². The summed E-state index contributed by atoms with van der Waals surface area (Å²) < 4.78 is 1.80. The number of aromatic nitrogens is 2. The zero-order chi connectivity index (χ0) is 9.42.